The second-order valence-corrected chi connectivity index (χ2v) is 6.03. The lowest BCUT2D eigenvalue weighted by Crippen LogP contribution is -2.13. The zero-order chi connectivity index (χ0) is 19.8. The van der Waals surface area contributed by atoms with Gasteiger partial charge in [0, 0.05) is 11.5 Å². The van der Waals surface area contributed by atoms with Crippen LogP contribution in [0.15, 0.2) is 35.1 Å². The van der Waals surface area contributed by atoms with Gasteiger partial charge in [0.15, 0.2) is 11.6 Å². The highest BCUT2D eigenvalue weighted by Crippen LogP contribution is 2.27. The summed E-state index contributed by atoms with van der Waals surface area (Å²) in [6, 6.07) is 7.95. The van der Waals surface area contributed by atoms with Crippen LogP contribution in [0, 0.1) is 12.7 Å². The smallest absolute Gasteiger partial charge is 0.263 e. The van der Waals surface area contributed by atoms with E-state index in [-0.39, 0.29) is 23.2 Å². The van der Waals surface area contributed by atoms with Crippen molar-refractivity contribution in [3.8, 4) is 11.5 Å². The molecule has 0 spiro atoms. The molecular weight excluding hydrogens is 365 g/mol. The molecule has 0 fully saturated rings. The molecule has 28 heavy (non-hydrogen) atoms. The number of halogens is 1. The number of nitrogens with zero attached hydrogens (tertiary/aromatic N) is 3. The number of hydrogen-bond donors (Lipinski definition) is 2. The minimum Gasteiger partial charge on any atom is -0.496 e. The van der Waals surface area contributed by atoms with E-state index >= 15 is 0 Å². The monoisotopic (exact) mass is 381 g/mol. The minimum atomic E-state index is -0.525. The summed E-state index contributed by atoms with van der Waals surface area (Å²) in [7, 11) is 2.88. The molecule has 0 aliphatic heterocycles. The average Bonchev–Trinajstić information content (AvgIpc) is 2.67. The van der Waals surface area contributed by atoms with Crippen LogP contribution in [0.4, 0.5) is 16.3 Å². The molecule has 0 radical (unpaired) electrons. The van der Waals surface area contributed by atoms with E-state index in [9.17, 15) is 9.18 Å². The van der Waals surface area contributed by atoms with Crippen LogP contribution in [0.1, 0.15) is 5.69 Å². The number of aromatic nitrogens is 4. The van der Waals surface area contributed by atoms with Crippen LogP contribution in [0.2, 0.25) is 0 Å². The third kappa shape index (κ3) is 2.96. The molecule has 0 unspecified atom stereocenters. The average molecular weight is 381 g/mol. The maximum atomic E-state index is 14.0. The van der Waals surface area contributed by atoms with Crippen LogP contribution in [0.25, 0.3) is 21.8 Å². The fraction of sp³-hybridized carbons (Fsp3) is 0.158. The fourth-order valence-corrected chi connectivity index (χ4v) is 2.99. The van der Waals surface area contributed by atoms with Crippen LogP contribution in [0.3, 0.4) is 0 Å². The Kier molecular flexibility index (Phi) is 4.26. The Balaban J connectivity index is 1.79. The van der Waals surface area contributed by atoms with Crippen LogP contribution in [-0.4, -0.2) is 34.2 Å². The van der Waals surface area contributed by atoms with E-state index in [1.807, 2.05) is 0 Å². The first-order chi connectivity index (χ1) is 13.5. The number of anilines is 2. The van der Waals surface area contributed by atoms with E-state index in [0.717, 1.165) is 0 Å². The topological polar surface area (TPSA) is 102 Å². The molecule has 9 heteroatoms. The molecule has 0 bridgehead atoms. The summed E-state index contributed by atoms with van der Waals surface area (Å²) in [5.41, 5.74) is 1.12. The largest absolute Gasteiger partial charge is 0.496 e. The third-order valence-electron chi connectivity index (χ3n) is 4.31. The van der Waals surface area contributed by atoms with E-state index in [4.69, 9.17) is 9.47 Å². The summed E-state index contributed by atoms with van der Waals surface area (Å²) in [4.78, 5) is 28.1. The van der Waals surface area contributed by atoms with E-state index in [1.165, 1.54) is 20.3 Å². The van der Waals surface area contributed by atoms with Crippen molar-refractivity contribution in [1.29, 1.82) is 0 Å². The lowest BCUT2D eigenvalue weighted by atomic mass is 10.2. The molecule has 2 heterocycles. The summed E-state index contributed by atoms with van der Waals surface area (Å²) >= 11 is 0. The van der Waals surface area contributed by atoms with Crippen molar-refractivity contribution < 1.29 is 13.9 Å². The van der Waals surface area contributed by atoms with Gasteiger partial charge >= 0.3 is 0 Å². The minimum absolute atomic E-state index is 0.120. The van der Waals surface area contributed by atoms with Gasteiger partial charge in [0.25, 0.3) is 5.56 Å². The Bertz CT molecular complexity index is 1270. The van der Waals surface area contributed by atoms with Crippen molar-refractivity contribution in [2.75, 3.05) is 19.5 Å². The normalized spacial score (nSPS) is 11.0. The van der Waals surface area contributed by atoms with Gasteiger partial charge in [-0.05, 0) is 25.1 Å². The Morgan fingerprint density at radius 3 is 2.57 bits per heavy atom. The summed E-state index contributed by atoms with van der Waals surface area (Å²) in [6.07, 6.45) is 0. The first-order valence-electron chi connectivity index (χ1n) is 8.36. The number of aryl methyl sites for hydroxylation is 1. The van der Waals surface area contributed by atoms with Crippen LogP contribution < -0.4 is 20.3 Å². The fourth-order valence-electron chi connectivity index (χ4n) is 2.99. The van der Waals surface area contributed by atoms with E-state index in [1.54, 1.807) is 31.2 Å². The van der Waals surface area contributed by atoms with Gasteiger partial charge in [-0.3, -0.25) is 15.1 Å². The molecule has 8 nitrogen and oxygen atoms in total. The summed E-state index contributed by atoms with van der Waals surface area (Å²) < 4.78 is 24.2. The van der Waals surface area contributed by atoms with Gasteiger partial charge in [-0.15, -0.1) is 0 Å². The third-order valence-corrected chi connectivity index (χ3v) is 4.31. The Morgan fingerprint density at radius 1 is 1.04 bits per heavy atom. The number of nitrogens with one attached hydrogen (secondary N) is 2. The zero-order valence-corrected chi connectivity index (χ0v) is 15.3. The van der Waals surface area contributed by atoms with E-state index in [2.05, 4.69) is 25.3 Å². The zero-order valence-electron chi connectivity index (χ0n) is 15.3. The maximum absolute atomic E-state index is 14.0. The number of hydrogen-bond acceptors (Lipinski definition) is 7. The van der Waals surface area contributed by atoms with Crippen molar-refractivity contribution in [1.82, 2.24) is 19.9 Å². The molecule has 2 aromatic carbocycles. The van der Waals surface area contributed by atoms with Gasteiger partial charge < -0.3 is 9.47 Å². The van der Waals surface area contributed by atoms with Crippen molar-refractivity contribution in [3.63, 3.8) is 0 Å². The molecule has 2 aromatic heterocycles. The lowest BCUT2D eigenvalue weighted by Gasteiger charge is -2.10. The Labute approximate surface area is 158 Å². The lowest BCUT2D eigenvalue weighted by molar-refractivity contribution is 0.387. The molecule has 0 aliphatic carbocycles. The summed E-state index contributed by atoms with van der Waals surface area (Å²) in [6.45, 7) is 1.77. The summed E-state index contributed by atoms with van der Waals surface area (Å²) in [5, 5.41) is 3.88. The second-order valence-electron chi connectivity index (χ2n) is 6.03. The number of H-pyrrole nitrogens is 1. The second kappa shape index (κ2) is 6.76. The number of methoxy groups -OCH3 is 2. The Morgan fingerprint density at radius 2 is 1.82 bits per heavy atom. The molecule has 142 valence electrons. The predicted molar refractivity (Wildman–Crippen MR) is 103 cm³/mol. The van der Waals surface area contributed by atoms with Crippen molar-refractivity contribution in [3.05, 3.63) is 52.2 Å². The molecule has 0 atom stereocenters. The molecule has 0 saturated heterocycles. The van der Waals surface area contributed by atoms with Gasteiger partial charge in [-0.1, -0.05) is 6.07 Å². The Hall–Kier alpha value is -3.75. The highest BCUT2D eigenvalue weighted by molar-refractivity contribution is 5.86. The van der Waals surface area contributed by atoms with E-state index < -0.39 is 5.82 Å². The van der Waals surface area contributed by atoms with Crippen LogP contribution in [0.5, 0.6) is 11.5 Å². The first-order valence-corrected chi connectivity index (χ1v) is 8.36. The molecule has 0 amide bonds. The van der Waals surface area contributed by atoms with Crippen LogP contribution in [-0.2, 0) is 0 Å². The van der Waals surface area contributed by atoms with Gasteiger partial charge in [0.05, 0.1) is 30.9 Å². The van der Waals surface area contributed by atoms with Gasteiger partial charge in [-0.25, -0.2) is 19.3 Å². The first kappa shape index (κ1) is 17.7. The number of aromatic amines is 1. The predicted octanol–water partition coefficient (Wildman–Crippen LogP) is 3.07. The molecular formula is C19H16FN5O3. The highest BCUT2D eigenvalue weighted by Gasteiger charge is 2.13. The molecule has 0 saturated carbocycles. The molecule has 4 aromatic rings. The van der Waals surface area contributed by atoms with Gasteiger partial charge in [-0.2, -0.15) is 0 Å². The van der Waals surface area contributed by atoms with Crippen molar-refractivity contribution in [2.24, 2.45) is 0 Å². The standard InChI is InChI=1S/C19H16FN5O3/c1-9-10-7-15(28-3)11(20)8-13(10)23-18(21-9)25-19-22-12-5-4-6-14(27-2)16(12)17(26)24-19/h4-8H,1-3H3,(H2,21,22,23,24,25,26). The van der Waals surface area contributed by atoms with Gasteiger partial charge in [0.1, 0.15) is 11.1 Å². The maximum Gasteiger partial charge on any atom is 0.263 e. The van der Waals surface area contributed by atoms with E-state index in [0.29, 0.717) is 33.2 Å². The van der Waals surface area contributed by atoms with Crippen molar-refractivity contribution >= 4 is 33.7 Å². The summed E-state index contributed by atoms with van der Waals surface area (Å²) in [5.74, 6) is 0.372. The van der Waals surface area contributed by atoms with Crippen molar-refractivity contribution in [2.45, 2.75) is 6.92 Å². The SMILES string of the molecule is COc1cc2c(C)nc(Nc3nc4cccc(OC)c4c(=O)[nH]3)nc2cc1F. The number of ether oxygens (including phenoxy) is 2. The molecule has 4 rings (SSSR count). The van der Waals surface area contributed by atoms with Crippen LogP contribution >= 0.6 is 0 Å². The quantitative estimate of drug-likeness (QED) is 0.560. The highest BCUT2D eigenvalue weighted by atomic mass is 19.1. The number of benzene rings is 2. The molecule has 2 N–H and O–H groups in total. The number of fused-ring (bicyclic) bond motifs is 2. The van der Waals surface area contributed by atoms with Gasteiger partial charge in [0.2, 0.25) is 11.9 Å². The molecule has 0 aliphatic rings. The number of rotatable bonds is 4.